The van der Waals surface area contributed by atoms with Crippen LogP contribution in [0.25, 0.3) is 0 Å². The molecule has 0 radical (unpaired) electrons. The molecule has 2 heteroatoms. The van der Waals surface area contributed by atoms with Crippen molar-refractivity contribution in [3.05, 3.63) is 84.8 Å². The molecule has 0 aliphatic heterocycles. The molecule has 0 unspecified atom stereocenters. The molecule has 0 aliphatic rings. The molecule has 1 N–H and O–H groups in total. The molecule has 1 aromatic rings. The molecule has 1 rings (SSSR count). The van der Waals surface area contributed by atoms with Crippen molar-refractivity contribution in [3.63, 3.8) is 0 Å². The second kappa shape index (κ2) is 10.1. The number of rotatable bonds is 9. The number of anilines is 1. The smallest absolute Gasteiger partial charge is 0.115 e. The highest BCUT2D eigenvalue weighted by atomic mass is 16.3. The summed E-state index contributed by atoms with van der Waals surface area (Å²) < 4.78 is 0. The number of nitrogens with zero attached hydrogens (tertiary/aromatic N) is 1. The van der Waals surface area contributed by atoms with E-state index in [0.717, 1.165) is 36.2 Å². The van der Waals surface area contributed by atoms with Gasteiger partial charge in [0.05, 0.1) is 6.54 Å². The first-order valence-corrected chi connectivity index (χ1v) is 7.68. The van der Waals surface area contributed by atoms with Gasteiger partial charge in [0.25, 0.3) is 0 Å². The van der Waals surface area contributed by atoms with Gasteiger partial charge < -0.3 is 10.0 Å². The Bertz CT molecular complexity index is 639. The first-order valence-electron chi connectivity index (χ1n) is 7.68. The van der Waals surface area contributed by atoms with E-state index in [2.05, 4.69) is 36.1 Å². The van der Waals surface area contributed by atoms with Gasteiger partial charge in [0.2, 0.25) is 0 Å². The van der Waals surface area contributed by atoms with Gasteiger partial charge in [-0.05, 0) is 50.6 Å². The van der Waals surface area contributed by atoms with Crippen LogP contribution in [0.5, 0.6) is 5.75 Å². The first-order chi connectivity index (χ1) is 11.1. The van der Waals surface area contributed by atoms with Crippen molar-refractivity contribution in [1.29, 1.82) is 0 Å². The Balaban J connectivity index is 3.02. The van der Waals surface area contributed by atoms with Gasteiger partial charge in [-0.1, -0.05) is 41.8 Å². The second-order valence-electron chi connectivity index (χ2n) is 5.28. The normalized spacial score (nSPS) is 9.96. The standard InChI is InChI=1S/C21H25NO/c1-5-8-11-18(4)16-22(17-19(9-6-2)10-7-3)20-12-14-21(23)15-13-20/h5,7,10,12-15,23H,1-2,4,8,11,16-17H2,3H3/b10-7-. The quantitative estimate of drug-likeness (QED) is 0.387. The number of phenols is 1. The average molecular weight is 307 g/mol. The zero-order valence-electron chi connectivity index (χ0n) is 13.9. The van der Waals surface area contributed by atoms with Gasteiger partial charge in [-0.15, -0.1) is 6.58 Å². The molecule has 120 valence electrons. The van der Waals surface area contributed by atoms with E-state index in [0.29, 0.717) is 6.54 Å². The van der Waals surface area contributed by atoms with Crippen molar-refractivity contribution in [2.24, 2.45) is 0 Å². The summed E-state index contributed by atoms with van der Waals surface area (Å²) in [6.07, 6.45) is 7.71. The zero-order chi connectivity index (χ0) is 17.1. The molecule has 0 fully saturated rings. The third-order valence-electron chi connectivity index (χ3n) is 3.31. The summed E-state index contributed by atoms with van der Waals surface area (Å²) in [6, 6.07) is 7.19. The Morgan fingerprint density at radius 1 is 1.26 bits per heavy atom. The van der Waals surface area contributed by atoms with E-state index >= 15 is 0 Å². The third-order valence-corrected chi connectivity index (χ3v) is 3.31. The fourth-order valence-electron chi connectivity index (χ4n) is 2.21. The maximum atomic E-state index is 9.49. The molecule has 0 aliphatic carbocycles. The third kappa shape index (κ3) is 6.76. The lowest BCUT2D eigenvalue weighted by atomic mass is 10.1. The predicted molar refractivity (Wildman–Crippen MR) is 99.9 cm³/mol. The Labute approximate surface area is 139 Å². The Morgan fingerprint density at radius 2 is 1.96 bits per heavy atom. The SMILES string of the molecule is C=C=C=C(/C=C\C)CN(CC(=C)CCC=C)c1ccc(O)cc1. The van der Waals surface area contributed by atoms with Crippen LogP contribution >= 0.6 is 0 Å². The zero-order valence-corrected chi connectivity index (χ0v) is 13.9. The van der Waals surface area contributed by atoms with Crippen molar-refractivity contribution >= 4 is 5.69 Å². The molecule has 0 amide bonds. The lowest BCUT2D eigenvalue weighted by molar-refractivity contribution is 0.475. The molecular weight excluding hydrogens is 282 g/mol. The predicted octanol–water partition coefficient (Wildman–Crippen LogP) is 5.16. The summed E-state index contributed by atoms with van der Waals surface area (Å²) in [5.41, 5.74) is 8.91. The van der Waals surface area contributed by atoms with Crippen LogP contribution < -0.4 is 4.90 Å². The summed E-state index contributed by atoms with van der Waals surface area (Å²) in [4.78, 5) is 2.20. The van der Waals surface area contributed by atoms with Crippen molar-refractivity contribution < 1.29 is 5.11 Å². The van der Waals surface area contributed by atoms with E-state index in [1.165, 1.54) is 0 Å². The lowest BCUT2D eigenvalue weighted by Crippen LogP contribution is -2.27. The van der Waals surface area contributed by atoms with Gasteiger partial charge in [0.15, 0.2) is 0 Å². The van der Waals surface area contributed by atoms with E-state index in [4.69, 9.17) is 0 Å². The molecule has 0 saturated carbocycles. The summed E-state index contributed by atoms with van der Waals surface area (Å²) in [7, 11) is 0. The summed E-state index contributed by atoms with van der Waals surface area (Å²) in [5.74, 6) is 0.259. The van der Waals surface area contributed by atoms with Gasteiger partial charge in [-0.3, -0.25) is 0 Å². The maximum Gasteiger partial charge on any atom is 0.115 e. The van der Waals surface area contributed by atoms with E-state index in [9.17, 15) is 5.11 Å². The maximum absolute atomic E-state index is 9.49. The Hall–Kier alpha value is -2.66. The van der Waals surface area contributed by atoms with Crippen LogP contribution in [0.15, 0.2) is 84.8 Å². The molecule has 0 saturated heterocycles. The molecule has 0 spiro atoms. The number of hydrogen-bond donors (Lipinski definition) is 1. The van der Waals surface area contributed by atoms with E-state index in [-0.39, 0.29) is 5.75 Å². The van der Waals surface area contributed by atoms with Crippen molar-refractivity contribution in [2.75, 3.05) is 18.0 Å². The lowest BCUT2D eigenvalue weighted by Gasteiger charge is -2.26. The average Bonchev–Trinajstić information content (AvgIpc) is 2.53. The minimum Gasteiger partial charge on any atom is -0.508 e. The highest BCUT2D eigenvalue weighted by molar-refractivity contribution is 5.51. The molecule has 0 heterocycles. The van der Waals surface area contributed by atoms with Crippen molar-refractivity contribution in [3.8, 4) is 5.75 Å². The molecule has 1 aromatic carbocycles. The molecule has 0 aromatic heterocycles. The molecule has 2 nitrogen and oxygen atoms in total. The van der Waals surface area contributed by atoms with Crippen LogP contribution in [0.2, 0.25) is 0 Å². The Kier molecular flexibility index (Phi) is 8.10. The largest absolute Gasteiger partial charge is 0.508 e. The fourth-order valence-corrected chi connectivity index (χ4v) is 2.21. The van der Waals surface area contributed by atoms with E-state index in [1.54, 1.807) is 12.1 Å². The van der Waals surface area contributed by atoms with Crippen LogP contribution in [0.3, 0.4) is 0 Å². The first kappa shape index (κ1) is 18.4. The number of benzene rings is 1. The molecule has 0 bridgehead atoms. The van der Waals surface area contributed by atoms with Gasteiger partial charge in [-0.25, -0.2) is 0 Å². The van der Waals surface area contributed by atoms with E-state index < -0.39 is 0 Å². The van der Waals surface area contributed by atoms with Crippen molar-refractivity contribution in [2.45, 2.75) is 19.8 Å². The molecule has 0 atom stereocenters. The minimum atomic E-state index is 0.259. The highest BCUT2D eigenvalue weighted by Gasteiger charge is 2.10. The van der Waals surface area contributed by atoms with E-state index in [1.807, 2.05) is 37.3 Å². The van der Waals surface area contributed by atoms with Crippen molar-refractivity contribution in [1.82, 2.24) is 0 Å². The van der Waals surface area contributed by atoms with Crippen LogP contribution in [-0.4, -0.2) is 18.2 Å². The molecular formula is C21H25NO. The second-order valence-corrected chi connectivity index (χ2v) is 5.28. The summed E-state index contributed by atoms with van der Waals surface area (Å²) >= 11 is 0. The van der Waals surface area contributed by atoms with Crippen LogP contribution in [0.1, 0.15) is 19.8 Å². The van der Waals surface area contributed by atoms with Gasteiger partial charge in [0, 0.05) is 17.8 Å². The van der Waals surface area contributed by atoms with Crippen LogP contribution in [-0.2, 0) is 0 Å². The van der Waals surface area contributed by atoms with Gasteiger partial charge in [-0.2, -0.15) is 0 Å². The Morgan fingerprint density at radius 3 is 2.52 bits per heavy atom. The van der Waals surface area contributed by atoms with Crippen LogP contribution in [0.4, 0.5) is 5.69 Å². The molecule has 23 heavy (non-hydrogen) atoms. The summed E-state index contributed by atoms with van der Waals surface area (Å²) in [6.45, 7) is 14.9. The van der Waals surface area contributed by atoms with Gasteiger partial charge in [0.1, 0.15) is 5.75 Å². The number of phenolic OH excluding ortho intramolecular Hbond substituents is 1. The number of aromatic hydroxyl groups is 1. The highest BCUT2D eigenvalue weighted by Crippen LogP contribution is 2.21. The summed E-state index contributed by atoms with van der Waals surface area (Å²) in [5, 5.41) is 9.49. The topological polar surface area (TPSA) is 23.5 Å². The minimum absolute atomic E-state index is 0.259. The monoisotopic (exact) mass is 307 g/mol. The van der Waals surface area contributed by atoms with Crippen LogP contribution in [0, 0.1) is 0 Å². The van der Waals surface area contributed by atoms with Gasteiger partial charge >= 0.3 is 0 Å². The number of allylic oxidation sites excluding steroid dienone is 2. The fraction of sp³-hybridized carbons (Fsp3) is 0.238. The number of hydrogen-bond acceptors (Lipinski definition) is 2.